The van der Waals surface area contributed by atoms with E-state index in [4.69, 9.17) is 10.00 Å². The standard InChI is InChI=1S/C21H24F3N3O2S/c1-13(2)10-27-11-17(20(3,4)5)30-19(27)26-18(28)15-8-14(9-25)6-7-16(15)29-12-21(22,23)24/h6-8,11,13H,10,12H2,1-5H3/b26-19-. The van der Waals surface area contributed by atoms with Gasteiger partial charge in [-0.05, 0) is 29.5 Å². The van der Waals surface area contributed by atoms with Crippen molar-refractivity contribution in [3.8, 4) is 11.8 Å². The molecule has 2 aromatic rings. The third-order valence-corrected chi connectivity index (χ3v) is 5.39. The molecule has 2 rings (SSSR count). The summed E-state index contributed by atoms with van der Waals surface area (Å²) in [6.07, 6.45) is -2.61. The van der Waals surface area contributed by atoms with Crippen LogP contribution >= 0.6 is 11.3 Å². The van der Waals surface area contributed by atoms with Gasteiger partial charge in [0.15, 0.2) is 11.4 Å². The van der Waals surface area contributed by atoms with Crippen LogP contribution in [0.5, 0.6) is 5.75 Å². The zero-order valence-electron chi connectivity index (χ0n) is 17.5. The van der Waals surface area contributed by atoms with Crippen LogP contribution in [0, 0.1) is 17.2 Å². The molecule has 1 amide bonds. The van der Waals surface area contributed by atoms with Gasteiger partial charge in [0, 0.05) is 17.6 Å². The van der Waals surface area contributed by atoms with Crippen LogP contribution in [-0.4, -0.2) is 23.3 Å². The maximum Gasteiger partial charge on any atom is 0.422 e. The molecule has 5 nitrogen and oxygen atoms in total. The van der Waals surface area contributed by atoms with Gasteiger partial charge < -0.3 is 9.30 Å². The largest absolute Gasteiger partial charge is 0.483 e. The van der Waals surface area contributed by atoms with E-state index in [0.29, 0.717) is 17.3 Å². The second-order valence-electron chi connectivity index (χ2n) is 8.32. The van der Waals surface area contributed by atoms with Crippen LogP contribution in [0.1, 0.15) is 55.4 Å². The van der Waals surface area contributed by atoms with Crippen molar-refractivity contribution in [3.05, 3.63) is 45.2 Å². The van der Waals surface area contributed by atoms with Crippen LogP contribution in [0.15, 0.2) is 29.4 Å². The maximum atomic E-state index is 12.9. The van der Waals surface area contributed by atoms with Crippen LogP contribution in [0.2, 0.25) is 0 Å². The van der Waals surface area contributed by atoms with Crippen molar-refractivity contribution >= 4 is 17.2 Å². The predicted molar refractivity (Wildman–Crippen MR) is 108 cm³/mol. The summed E-state index contributed by atoms with van der Waals surface area (Å²) in [5.74, 6) is -0.721. The van der Waals surface area contributed by atoms with Gasteiger partial charge in [-0.1, -0.05) is 34.6 Å². The van der Waals surface area contributed by atoms with Crippen molar-refractivity contribution in [3.63, 3.8) is 0 Å². The van der Waals surface area contributed by atoms with Crippen LogP contribution in [0.25, 0.3) is 0 Å². The summed E-state index contributed by atoms with van der Waals surface area (Å²) < 4.78 is 44.4. The van der Waals surface area contributed by atoms with Gasteiger partial charge in [0.25, 0.3) is 5.91 Å². The van der Waals surface area contributed by atoms with Crippen molar-refractivity contribution < 1.29 is 22.7 Å². The SMILES string of the molecule is CC(C)Cn1cc(C(C)(C)C)s/c1=N\C(=O)c1cc(C#N)ccc1OCC(F)(F)F. The van der Waals surface area contributed by atoms with Gasteiger partial charge >= 0.3 is 6.18 Å². The van der Waals surface area contributed by atoms with E-state index in [1.165, 1.54) is 29.5 Å². The van der Waals surface area contributed by atoms with Crippen molar-refractivity contribution in [1.82, 2.24) is 4.57 Å². The molecule has 9 heteroatoms. The zero-order chi connectivity index (χ0) is 22.7. The number of hydrogen-bond acceptors (Lipinski definition) is 4. The molecule has 0 aliphatic carbocycles. The quantitative estimate of drug-likeness (QED) is 0.654. The van der Waals surface area contributed by atoms with Crippen LogP contribution in [0.3, 0.4) is 0 Å². The van der Waals surface area contributed by atoms with E-state index in [-0.39, 0.29) is 22.3 Å². The number of rotatable bonds is 5. The highest BCUT2D eigenvalue weighted by Gasteiger charge is 2.29. The first-order valence-corrected chi connectivity index (χ1v) is 10.2. The predicted octanol–water partition coefficient (Wildman–Crippen LogP) is 5.06. The molecule has 0 aliphatic rings. The summed E-state index contributed by atoms with van der Waals surface area (Å²) in [6.45, 7) is 9.30. The van der Waals surface area contributed by atoms with Crippen LogP contribution < -0.4 is 9.54 Å². The Balaban J connectivity index is 2.53. The smallest absolute Gasteiger partial charge is 0.422 e. The highest BCUT2D eigenvalue weighted by molar-refractivity contribution is 7.09. The molecule has 30 heavy (non-hydrogen) atoms. The summed E-state index contributed by atoms with van der Waals surface area (Å²) in [5.41, 5.74) is -0.202. The lowest BCUT2D eigenvalue weighted by Gasteiger charge is -2.14. The lowest BCUT2D eigenvalue weighted by atomic mass is 9.95. The number of nitriles is 1. The minimum absolute atomic E-state index is 0.129. The number of hydrogen-bond donors (Lipinski definition) is 0. The molecule has 0 saturated heterocycles. The number of benzene rings is 1. The van der Waals surface area contributed by atoms with Crippen LogP contribution in [0.4, 0.5) is 13.2 Å². The molecule has 0 radical (unpaired) electrons. The maximum absolute atomic E-state index is 12.9. The number of carbonyl (C=O) groups is 1. The van der Waals surface area contributed by atoms with Gasteiger partial charge in [0.2, 0.25) is 0 Å². The monoisotopic (exact) mass is 439 g/mol. The Bertz CT molecular complexity index is 1020. The second kappa shape index (κ2) is 9.04. The fourth-order valence-corrected chi connectivity index (χ4v) is 3.59. The molecular formula is C21H24F3N3O2S. The number of nitrogens with zero attached hydrogens (tertiary/aromatic N) is 3. The number of thiazole rings is 1. The van der Waals surface area contributed by atoms with Crippen molar-refractivity contribution in [2.75, 3.05) is 6.61 Å². The lowest BCUT2D eigenvalue weighted by Crippen LogP contribution is -2.21. The Kier molecular flexibility index (Phi) is 7.14. The Morgan fingerprint density at radius 1 is 1.30 bits per heavy atom. The highest BCUT2D eigenvalue weighted by Crippen LogP contribution is 2.26. The minimum Gasteiger partial charge on any atom is -0.483 e. The zero-order valence-corrected chi connectivity index (χ0v) is 18.3. The average molecular weight is 440 g/mol. The summed E-state index contributed by atoms with van der Waals surface area (Å²) in [4.78, 5) is 18.5. The average Bonchev–Trinajstić information content (AvgIpc) is 3.01. The fraction of sp³-hybridized carbons (Fsp3) is 0.476. The Morgan fingerprint density at radius 3 is 2.50 bits per heavy atom. The molecule has 0 atom stereocenters. The van der Waals surface area contributed by atoms with Gasteiger partial charge in [0.1, 0.15) is 5.75 Å². The molecular weight excluding hydrogens is 415 g/mol. The Hall–Kier alpha value is -2.60. The van der Waals surface area contributed by atoms with Gasteiger partial charge in [-0.25, -0.2) is 0 Å². The first-order chi connectivity index (χ1) is 13.8. The van der Waals surface area contributed by atoms with E-state index in [1.807, 2.05) is 51.5 Å². The lowest BCUT2D eigenvalue weighted by molar-refractivity contribution is -0.153. The third kappa shape index (κ3) is 6.46. The van der Waals surface area contributed by atoms with E-state index in [2.05, 4.69) is 4.99 Å². The molecule has 0 saturated carbocycles. The number of alkyl halides is 3. The molecule has 0 spiro atoms. The number of carbonyl (C=O) groups excluding carboxylic acids is 1. The molecule has 1 heterocycles. The van der Waals surface area contributed by atoms with Crippen molar-refractivity contribution in [2.24, 2.45) is 10.9 Å². The topological polar surface area (TPSA) is 67.4 Å². The number of aromatic nitrogens is 1. The van der Waals surface area contributed by atoms with E-state index in [9.17, 15) is 18.0 Å². The number of amides is 1. The minimum atomic E-state index is -4.55. The number of halogens is 3. The molecule has 162 valence electrons. The normalized spacial score (nSPS) is 12.9. The molecule has 1 aromatic carbocycles. The van der Waals surface area contributed by atoms with Gasteiger partial charge in [-0.15, -0.1) is 11.3 Å². The van der Waals surface area contributed by atoms with Gasteiger partial charge in [-0.2, -0.15) is 23.4 Å². The molecule has 0 unspecified atom stereocenters. The summed E-state index contributed by atoms with van der Waals surface area (Å²) >= 11 is 1.35. The highest BCUT2D eigenvalue weighted by atomic mass is 32.1. The fourth-order valence-electron chi connectivity index (χ4n) is 2.54. The first-order valence-electron chi connectivity index (χ1n) is 9.33. The molecule has 0 N–H and O–H groups in total. The van der Waals surface area contributed by atoms with Gasteiger partial charge in [-0.3, -0.25) is 4.79 Å². The third-order valence-electron chi connectivity index (χ3n) is 3.95. The molecule has 0 fully saturated rings. The number of ether oxygens (including phenoxy) is 1. The van der Waals surface area contributed by atoms with Gasteiger partial charge in [0.05, 0.1) is 17.2 Å². The van der Waals surface area contributed by atoms with E-state index in [0.717, 1.165) is 4.88 Å². The summed E-state index contributed by atoms with van der Waals surface area (Å²) in [6, 6.07) is 5.55. The molecule has 0 aliphatic heterocycles. The van der Waals surface area contributed by atoms with E-state index < -0.39 is 18.7 Å². The Morgan fingerprint density at radius 2 is 1.97 bits per heavy atom. The van der Waals surface area contributed by atoms with E-state index in [1.54, 1.807) is 0 Å². The van der Waals surface area contributed by atoms with E-state index >= 15 is 0 Å². The molecule has 1 aromatic heterocycles. The second-order valence-corrected chi connectivity index (χ2v) is 9.33. The first kappa shape index (κ1) is 23.7. The summed E-state index contributed by atoms with van der Waals surface area (Å²) in [5, 5.41) is 9.10. The summed E-state index contributed by atoms with van der Waals surface area (Å²) in [7, 11) is 0. The van der Waals surface area contributed by atoms with Crippen molar-refractivity contribution in [1.29, 1.82) is 5.26 Å². The van der Waals surface area contributed by atoms with Crippen LogP contribution in [-0.2, 0) is 12.0 Å². The molecule has 0 bridgehead atoms. The Labute approximate surface area is 177 Å². The van der Waals surface area contributed by atoms with Crippen molar-refractivity contribution in [2.45, 2.75) is 52.8 Å².